The van der Waals surface area contributed by atoms with Crippen LogP contribution in [0.15, 0.2) is 39.6 Å². The van der Waals surface area contributed by atoms with Crippen LogP contribution in [0.1, 0.15) is 49.8 Å². The summed E-state index contributed by atoms with van der Waals surface area (Å²) in [5.41, 5.74) is 5.25. The Labute approximate surface area is 169 Å². The topological polar surface area (TPSA) is 95.0 Å². The number of aromatic nitrogens is 3. The van der Waals surface area contributed by atoms with Crippen LogP contribution < -0.4 is 5.56 Å². The fourth-order valence-electron chi connectivity index (χ4n) is 3.71. The normalized spacial score (nSPS) is 14.1. The third-order valence-corrected chi connectivity index (χ3v) is 5.47. The quantitative estimate of drug-likeness (QED) is 0.710. The van der Waals surface area contributed by atoms with Crippen molar-refractivity contribution in [1.82, 2.24) is 20.3 Å². The zero-order valence-electron chi connectivity index (χ0n) is 17.0. The van der Waals surface area contributed by atoms with E-state index in [2.05, 4.69) is 60.4 Å². The average Bonchev–Trinajstić information content (AvgIpc) is 3.31. The lowest BCUT2D eigenvalue weighted by molar-refractivity contribution is -0.132. The number of hydrogen-bond acceptors (Lipinski definition) is 4. The van der Waals surface area contributed by atoms with Gasteiger partial charge in [0.1, 0.15) is 5.76 Å². The Hall–Kier alpha value is -3.09. The molecule has 0 radical (unpaired) electrons. The van der Waals surface area contributed by atoms with E-state index >= 15 is 0 Å². The van der Waals surface area contributed by atoms with Crippen LogP contribution in [0, 0.1) is 0 Å². The first-order valence-corrected chi connectivity index (χ1v) is 9.93. The SMILES string of the molecule is CC(C)(C)c1ccc(-c2n[nH]c3c2CN(C(=O)CCc2cc(=O)[nH]o2)CC3)cc1. The first-order valence-electron chi connectivity index (χ1n) is 9.93. The van der Waals surface area contributed by atoms with E-state index in [0.717, 1.165) is 28.9 Å². The van der Waals surface area contributed by atoms with E-state index in [-0.39, 0.29) is 16.9 Å². The lowest BCUT2D eigenvalue weighted by Crippen LogP contribution is -2.36. The number of H-pyrrole nitrogens is 2. The van der Waals surface area contributed by atoms with E-state index in [1.807, 2.05) is 4.90 Å². The highest BCUT2D eigenvalue weighted by Crippen LogP contribution is 2.30. The van der Waals surface area contributed by atoms with Crippen LogP contribution in [0.5, 0.6) is 0 Å². The zero-order chi connectivity index (χ0) is 20.6. The standard InChI is InChI=1S/C22H26N4O3/c1-22(2,3)15-6-4-14(5-7-15)21-17-13-26(11-10-18(17)23-24-21)20(28)9-8-16-12-19(27)25-29-16/h4-7,12H,8-11,13H2,1-3H3,(H,23,24)(H,25,27). The fourth-order valence-corrected chi connectivity index (χ4v) is 3.71. The summed E-state index contributed by atoms with van der Waals surface area (Å²) in [6.45, 7) is 7.78. The van der Waals surface area contributed by atoms with Crippen LogP contribution in [0.3, 0.4) is 0 Å². The molecule has 7 nitrogen and oxygen atoms in total. The number of benzene rings is 1. The molecule has 1 aliphatic heterocycles. The Morgan fingerprint density at radius 3 is 2.66 bits per heavy atom. The largest absolute Gasteiger partial charge is 0.384 e. The highest BCUT2D eigenvalue weighted by molar-refractivity contribution is 5.77. The smallest absolute Gasteiger partial charge is 0.280 e. The Bertz CT molecular complexity index is 1070. The van der Waals surface area contributed by atoms with Crippen molar-refractivity contribution < 1.29 is 9.32 Å². The third-order valence-electron chi connectivity index (χ3n) is 5.47. The van der Waals surface area contributed by atoms with Crippen LogP contribution in [0.2, 0.25) is 0 Å². The molecule has 0 spiro atoms. The van der Waals surface area contributed by atoms with Crippen LogP contribution in [-0.4, -0.2) is 32.7 Å². The molecule has 4 rings (SSSR count). The summed E-state index contributed by atoms with van der Waals surface area (Å²) < 4.78 is 5.03. The summed E-state index contributed by atoms with van der Waals surface area (Å²) >= 11 is 0. The maximum absolute atomic E-state index is 12.7. The number of aromatic amines is 2. The van der Waals surface area contributed by atoms with Gasteiger partial charge in [-0.25, -0.2) is 0 Å². The third kappa shape index (κ3) is 4.04. The van der Waals surface area contributed by atoms with Gasteiger partial charge in [-0.3, -0.25) is 14.7 Å². The Kier molecular flexibility index (Phi) is 4.90. The lowest BCUT2D eigenvalue weighted by atomic mass is 9.86. The number of nitrogens with zero attached hydrogens (tertiary/aromatic N) is 2. The molecule has 0 fully saturated rings. The molecule has 0 atom stereocenters. The molecule has 2 N–H and O–H groups in total. The number of nitrogens with one attached hydrogen (secondary N) is 2. The monoisotopic (exact) mass is 394 g/mol. The van der Waals surface area contributed by atoms with Gasteiger partial charge in [-0.2, -0.15) is 10.3 Å². The minimum Gasteiger partial charge on any atom is -0.384 e. The Balaban J connectivity index is 1.48. The molecule has 29 heavy (non-hydrogen) atoms. The Morgan fingerprint density at radius 2 is 2.00 bits per heavy atom. The minimum absolute atomic E-state index is 0.0507. The zero-order valence-corrected chi connectivity index (χ0v) is 17.0. The molecule has 0 saturated carbocycles. The summed E-state index contributed by atoms with van der Waals surface area (Å²) in [4.78, 5) is 25.7. The van der Waals surface area contributed by atoms with Crippen LogP contribution in [0.4, 0.5) is 0 Å². The number of amides is 1. The van der Waals surface area contributed by atoms with Gasteiger partial charge < -0.3 is 9.42 Å². The van der Waals surface area contributed by atoms with E-state index in [9.17, 15) is 9.59 Å². The van der Waals surface area contributed by atoms with Gasteiger partial charge in [0, 0.05) is 55.2 Å². The van der Waals surface area contributed by atoms with Gasteiger partial charge in [-0.05, 0) is 11.0 Å². The first-order chi connectivity index (χ1) is 13.8. The molecule has 1 amide bonds. The second-order valence-electron chi connectivity index (χ2n) is 8.60. The van der Waals surface area contributed by atoms with Gasteiger partial charge in [-0.15, -0.1) is 0 Å². The number of fused-ring (bicyclic) bond motifs is 1. The first kappa shape index (κ1) is 19.2. The number of rotatable bonds is 4. The summed E-state index contributed by atoms with van der Waals surface area (Å²) in [5.74, 6) is 0.554. The van der Waals surface area contributed by atoms with Crippen molar-refractivity contribution in [2.24, 2.45) is 0 Å². The molecule has 7 heteroatoms. The Morgan fingerprint density at radius 1 is 1.24 bits per heavy atom. The molecule has 1 aliphatic rings. The molecule has 1 aromatic carbocycles. The van der Waals surface area contributed by atoms with Gasteiger partial charge in [-0.1, -0.05) is 45.0 Å². The molecule has 3 aromatic rings. The molecule has 0 aliphatic carbocycles. The highest BCUT2D eigenvalue weighted by atomic mass is 16.5. The van der Waals surface area contributed by atoms with Crippen LogP contribution >= 0.6 is 0 Å². The number of hydrogen-bond donors (Lipinski definition) is 2. The van der Waals surface area contributed by atoms with E-state index in [4.69, 9.17) is 4.52 Å². The molecule has 0 bridgehead atoms. The average molecular weight is 394 g/mol. The van der Waals surface area contributed by atoms with Gasteiger partial charge in [0.15, 0.2) is 0 Å². The van der Waals surface area contributed by atoms with E-state index in [1.165, 1.54) is 11.6 Å². The summed E-state index contributed by atoms with van der Waals surface area (Å²) in [6.07, 6.45) is 1.48. The lowest BCUT2D eigenvalue weighted by Gasteiger charge is -2.27. The van der Waals surface area contributed by atoms with E-state index in [0.29, 0.717) is 31.7 Å². The molecular weight excluding hydrogens is 368 g/mol. The summed E-state index contributed by atoms with van der Waals surface area (Å²) in [7, 11) is 0. The second-order valence-corrected chi connectivity index (χ2v) is 8.60. The van der Waals surface area contributed by atoms with Crippen molar-refractivity contribution in [1.29, 1.82) is 0 Å². The van der Waals surface area contributed by atoms with Crippen LogP contribution in [-0.2, 0) is 29.6 Å². The molecule has 152 valence electrons. The summed E-state index contributed by atoms with van der Waals surface area (Å²) in [5, 5.41) is 9.93. The van der Waals surface area contributed by atoms with Crippen molar-refractivity contribution in [2.75, 3.05) is 6.54 Å². The van der Waals surface area contributed by atoms with Crippen LogP contribution in [0.25, 0.3) is 11.3 Å². The van der Waals surface area contributed by atoms with Crippen molar-refractivity contribution in [3.63, 3.8) is 0 Å². The summed E-state index contributed by atoms with van der Waals surface area (Å²) in [6, 6.07) is 9.88. The maximum atomic E-state index is 12.7. The van der Waals surface area contributed by atoms with E-state index in [1.54, 1.807) is 0 Å². The highest BCUT2D eigenvalue weighted by Gasteiger charge is 2.26. The van der Waals surface area contributed by atoms with Gasteiger partial charge >= 0.3 is 0 Å². The van der Waals surface area contributed by atoms with Gasteiger partial charge in [0.25, 0.3) is 5.56 Å². The number of carbonyl (C=O) groups excluding carboxylic acids is 1. The minimum atomic E-state index is -0.282. The van der Waals surface area contributed by atoms with Crippen molar-refractivity contribution in [2.45, 2.75) is 52.0 Å². The molecule has 0 saturated heterocycles. The van der Waals surface area contributed by atoms with Crippen molar-refractivity contribution in [3.05, 3.63) is 63.3 Å². The number of aryl methyl sites for hydroxylation is 1. The predicted molar refractivity (Wildman–Crippen MR) is 109 cm³/mol. The number of carbonyl (C=O) groups is 1. The second kappa shape index (κ2) is 7.39. The predicted octanol–water partition coefficient (Wildman–Crippen LogP) is 3.17. The van der Waals surface area contributed by atoms with Crippen molar-refractivity contribution in [3.8, 4) is 11.3 Å². The molecular formula is C22H26N4O3. The maximum Gasteiger partial charge on any atom is 0.280 e. The molecule has 2 aromatic heterocycles. The van der Waals surface area contributed by atoms with Crippen molar-refractivity contribution >= 4 is 5.91 Å². The van der Waals surface area contributed by atoms with Gasteiger partial charge in [0.2, 0.25) is 5.91 Å². The van der Waals surface area contributed by atoms with Gasteiger partial charge in [0.05, 0.1) is 5.69 Å². The molecule has 3 heterocycles. The fraction of sp³-hybridized carbons (Fsp3) is 0.409. The molecule has 0 unspecified atom stereocenters. The van der Waals surface area contributed by atoms with E-state index < -0.39 is 0 Å².